The SMILES string of the molecule is Cc1nn(-c2c(F)cccc2Cl)c(=O)c2cnc(Nc3ccc4c(c3)CN(C)CC4(C)C)nc12. The molecule has 3 heterocycles. The maximum Gasteiger partial charge on any atom is 0.282 e. The van der Waals surface area contributed by atoms with Gasteiger partial charge in [0.1, 0.15) is 11.2 Å². The number of aromatic nitrogens is 4. The number of anilines is 2. The largest absolute Gasteiger partial charge is 0.324 e. The summed E-state index contributed by atoms with van der Waals surface area (Å²) in [5.41, 5.74) is 3.74. The van der Waals surface area contributed by atoms with E-state index in [0.29, 0.717) is 17.2 Å². The lowest BCUT2D eigenvalue weighted by Crippen LogP contribution is -2.39. The predicted octanol–water partition coefficient (Wildman–Crippen LogP) is 4.74. The Bertz CT molecular complexity index is 1480. The third-order valence-corrected chi connectivity index (χ3v) is 6.45. The fourth-order valence-electron chi connectivity index (χ4n) is 4.77. The third-order valence-electron chi connectivity index (χ3n) is 6.15. The molecule has 0 unspecified atom stereocenters. The average Bonchev–Trinajstić information content (AvgIpc) is 2.76. The number of nitrogens with one attached hydrogen (secondary N) is 1. The highest BCUT2D eigenvalue weighted by Crippen LogP contribution is 2.34. The molecule has 1 N–H and O–H groups in total. The zero-order valence-corrected chi connectivity index (χ0v) is 20.1. The van der Waals surface area contributed by atoms with Crippen LogP contribution in [0.3, 0.4) is 0 Å². The molecular formula is C25H24ClFN6O. The van der Waals surface area contributed by atoms with E-state index in [1.807, 2.05) is 6.07 Å². The summed E-state index contributed by atoms with van der Waals surface area (Å²) in [7, 11) is 2.12. The molecule has 0 fully saturated rings. The van der Waals surface area contributed by atoms with E-state index >= 15 is 0 Å². The highest BCUT2D eigenvalue weighted by atomic mass is 35.5. The number of likely N-dealkylation sites (N-methyl/N-ethyl adjacent to an activating group) is 1. The first-order valence-corrected chi connectivity index (χ1v) is 11.3. The number of benzene rings is 2. The minimum atomic E-state index is -0.638. The molecular weight excluding hydrogens is 455 g/mol. The van der Waals surface area contributed by atoms with Crippen molar-refractivity contribution >= 4 is 34.1 Å². The van der Waals surface area contributed by atoms with Crippen LogP contribution in [0.4, 0.5) is 16.0 Å². The molecule has 9 heteroatoms. The van der Waals surface area contributed by atoms with Gasteiger partial charge in [-0.15, -0.1) is 0 Å². The second kappa shape index (κ2) is 8.14. The zero-order chi connectivity index (χ0) is 24.2. The summed E-state index contributed by atoms with van der Waals surface area (Å²) < 4.78 is 15.4. The number of nitrogens with zero attached hydrogens (tertiary/aromatic N) is 5. The van der Waals surface area contributed by atoms with Crippen LogP contribution in [0.5, 0.6) is 0 Å². The van der Waals surface area contributed by atoms with Crippen molar-refractivity contribution < 1.29 is 4.39 Å². The molecule has 0 saturated heterocycles. The molecule has 1 aliphatic heterocycles. The normalized spacial score (nSPS) is 15.4. The first-order chi connectivity index (χ1) is 16.1. The molecule has 5 rings (SSSR count). The van der Waals surface area contributed by atoms with E-state index < -0.39 is 11.4 Å². The second-order valence-corrected chi connectivity index (χ2v) is 9.79. The molecule has 7 nitrogen and oxygen atoms in total. The maximum atomic E-state index is 14.4. The Morgan fingerprint density at radius 2 is 2.00 bits per heavy atom. The van der Waals surface area contributed by atoms with E-state index in [-0.39, 0.29) is 21.5 Å². The Morgan fingerprint density at radius 1 is 1.21 bits per heavy atom. The molecule has 2 aromatic heterocycles. The Hall–Kier alpha value is -3.36. The van der Waals surface area contributed by atoms with Gasteiger partial charge in [-0.3, -0.25) is 4.79 Å². The monoisotopic (exact) mass is 478 g/mol. The molecule has 4 aromatic rings. The summed E-state index contributed by atoms with van der Waals surface area (Å²) in [6.45, 7) is 8.08. The van der Waals surface area contributed by atoms with E-state index in [2.05, 4.69) is 58.3 Å². The Labute approximate surface area is 201 Å². The van der Waals surface area contributed by atoms with Crippen molar-refractivity contribution in [3.05, 3.63) is 80.6 Å². The molecule has 0 radical (unpaired) electrons. The van der Waals surface area contributed by atoms with E-state index in [1.165, 1.54) is 35.5 Å². The molecule has 34 heavy (non-hydrogen) atoms. The van der Waals surface area contributed by atoms with Crippen molar-refractivity contribution in [1.29, 1.82) is 0 Å². The van der Waals surface area contributed by atoms with Crippen molar-refractivity contribution in [3.63, 3.8) is 0 Å². The fraction of sp³-hybridized carbons (Fsp3) is 0.280. The standard InChI is InChI=1S/C25H24ClFN6O/c1-14-21-17(23(34)33(31-14)22-19(26)6-5-7-20(22)27)11-28-24(30-21)29-16-8-9-18-15(10-16)12-32(4)13-25(18,2)3/h5-11H,12-13H2,1-4H3,(H,28,29,30). The summed E-state index contributed by atoms with van der Waals surface area (Å²) in [6, 6.07) is 10.5. The highest BCUT2D eigenvalue weighted by molar-refractivity contribution is 6.32. The molecule has 0 spiro atoms. The molecule has 0 saturated carbocycles. The van der Waals surface area contributed by atoms with Crippen LogP contribution in [0.2, 0.25) is 5.02 Å². The summed E-state index contributed by atoms with van der Waals surface area (Å²) in [5.74, 6) is -0.289. The number of aryl methyl sites for hydroxylation is 1. The first kappa shape index (κ1) is 22.4. The summed E-state index contributed by atoms with van der Waals surface area (Å²) in [6.07, 6.45) is 1.43. The summed E-state index contributed by atoms with van der Waals surface area (Å²) in [5, 5.41) is 7.84. The van der Waals surface area contributed by atoms with Gasteiger partial charge in [0, 0.05) is 30.4 Å². The number of fused-ring (bicyclic) bond motifs is 2. The van der Waals surface area contributed by atoms with E-state index in [9.17, 15) is 9.18 Å². The summed E-state index contributed by atoms with van der Waals surface area (Å²) in [4.78, 5) is 24.3. The van der Waals surface area contributed by atoms with Crippen LogP contribution in [0.25, 0.3) is 16.6 Å². The lowest BCUT2D eigenvalue weighted by Gasteiger charge is -2.38. The quantitative estimate of drug-likeness (QED) is 0.458. The van der Waals surface area contributed by atoms with Gasteiger partial charge in [0.05, 0.1) is 16.1 Å². The van der Waals surface area contributed by atoms with Crippen molar-refractivity contribution in [2.45, 2.75) is 32.7 Å². The van der Waals surface area contributed by atoms with Gasteiger partial charge >= 0.3 is 0 Å². The molecule has 0 aliphatic carbocycles. The number of hydrogen-bond acceptors (Lipinski definition) is 6. The smallest absolute Gasteiger partial charge is 0.282 e. The Morgan fingerprint density at radius 3 is 2.76 bits per heavy atom. The molecule has 0 atom stereocenters. The molecule has 174 valence electrons. The van der Waals surface area contributed by atoms with Crippen LogP contribution in [0.15, 0.2) is 47.4 Å². The van der Waals surface area contributed by atoms with E-state index in [0.717, 1.165) is 23.5 Å². The van der Waals surface area contributed by atoms with Gasteiger partial charge in [-0.25, -0.2) is 14.4 Å². The van der Waals surface area contributed by atoms with Gasteiger partial charge in [0.2, 0.25) is 5.95 Å². The van der Waals surface area contributed by atoms with Gasteiger partial charge in [-0.1, -0.05) is 37.6 Å². The van der Waals surface area contributed by atoms with Gasteiger partial charge in [-0.2, -0.15) is 9.78 Å². The number of hydrogen-bond donors (Lipinski definition) is 1. The van der Waals surface area contributed by atoms with E-state index in [4.69, 9.17) is 11.6 Å². The van der Waals surface area contributed by atoms with Crippen molar-refractivity contribution in [3.8, 4) is 5.69 Å². The van der Waals surface area contributed by atoms with Crippen LogP contribution in [0.1, 0.15) is 30.7 Å². The van der Waals surface area contributed by atoms with Crippen LogP contribution in [0, 0.1) is 12.7 Å². The Balaban J connectivity index is 1.53. The minimum absolute atomic E-state index is 0.0735. The van der Waals surface area contributed by atoms with Gasteiger partial charge in [0.15, 0.2) is 5.82 Å². The van der Waals surface area contributed by atoms with Crippen molar-refractivity contribution in [2.24, 2.45) is 0 Å². The van der Waals surface area contributed by atoms with Crippen LogP contribution >= 0.6 is 11.6 Å². The summed E-state index contributed by atoms with van der Waals surface area (Å²) >= 11 is 6.15. The topological polar surface area (TPSA) is 75.9 Å². The van der Waals surface area contributed by atoms with E-state index in [1.54, 1.807) is 6.92 Å². The molecule has 1 aliphatic rings. The van der Waals surface area contributed by atoms with Crippen molar-refractivity contribution in [1.82, 2.24) is 24.6 Å². The number of para-hydroxylation sites is 1. The van der Waals surface area contributed by atoms with Gasteiger partial charge in [-0.05, 0) is 49.4 Å². The first-order valence-electron chi connectivity index (χ1n) is 10.9. The number of halogens is 2. The van der Waals surface area contributed by atoms with Gasteiger partial charge in [0.25, 0.3) is 5.56 Å². The average molecular weight is 479 g/mol. The third kappa shape index (κ3) is 3.82. The van der Waals surface area contributed by atoms with Crippen molar-refractivity contribution in [2.75, 3.05) is 18.9 Å². The van der Waals surface area contributed by atoms with Gasteiger partial charge < -0.3 is 10.2 Å². The van der Waals surface area contributed by atoms with Crippen LogP contribution in [-0.4, -0.2) is 38.2 Å². The molecule has 2 aromatic carbocycles. The highest BCUT2D eigenvalue weighted by Gasteiger charge is 2.30. The second-order valence-electron chi connectivity index (χ2n) is 9.38. The predicted molar refractivity (Wildman–Crippen MR) is 132 cm³/mol. The van der Waals surface area contributed by atoms with Crippen LogP contribution in [-0.2, 0) is 12.0 Å². The fourth-order valence-corrected chi connectivity index (χ4v) is 5.02. The maximum absolute atomic E-state index is 14.4. The zero-order valence-electron chi connectivity index (χ0n) is 19.4. The molecule has 0 bridgehead atoms. The Kier molecular flexibility index (Phi) is 5.37. The number of rotatable bonds is 3. The van der Waals surface area contributed by atoms with Crippen LogP contribution < -0.4 is 10.9 Å². The lowest BCUT2D eigenvalue weighted by molar-refractivity contribution is 0.236. The molecule has 0 amide bonds. The minimum Gasteiger partial charge on any atom is -0.324 e. The lowest BCUT2D eigenvalue weighted by atomic mass is 9.78.